The predicted octanol–water partition coefficient (Wildman–Crippen LogP) is 3.47. The molecule has 9 heteroatoms. The summed E-state index contributed by atoms with van der Waals surface area (Å²) in [5.74, 6) is -1.04. The molecule has 3 aromatic heterocycles. The maximum atomic E-state index is 14.1. The standard InChI is InChI=1S/C23H21F2N7/c24-15-3-1-2-14(20(15)25)16-4-5-17-22(30-16)27-12-19(29-17)31-10-7-23(8-11-31)13-32-18(21(23)26)6-9-28-32/h1-6,9,12,21H,7-8,10-11,13,26H2. The van der Waals surface area contributed by atoms with Crippen LogP contribution >= 0.6 is 0 Å². The molecular weight excluding hydrogens is 412 g/mol. The van der Waals surface area contributed by atoms with Crippen molar-refractivity contribution in [3.8, 4) is 11.3 Å². The smallest absolute Gasteiger partial charge is 0.178 e. The van der Waals surface area contributed by atoms with Gasteiger partial charge >= 0.3 is 0 Å². The highest BCUT2D eigenvalue weighted by Crippen LogP contribution is 2.47. The number of rotatable bonds is 2. The van der Waals surface area contributed by atoms with Gasteiger partial charge in [-0.3, -0.25) is 4.68 Å². The first-order chi connectivity index (χ1) is 15.5. The molecule has 1 saturated heterocycles. The summed E-state index contributed by atoms with van der Waals surface area (Å²) >= 11 is 0. The maximum absolute atomic E-state index is 14.1. The number of anilines is 1. The fraction of sp³-hybridized carbons (Fsp3) is 0.304. The number of pyridine rings is 1. The van der Waals surface area contributed by atoms with Crippen LogP contribution in [0.2, 0.25) is 0 Å². The Hall–Kier alpha value is -3.46. The van der Waals surface area contributed by atoms with Gasteiger partial charge in [-0.1, -0.05) is 6.07 Å². The highest BCUT2D eigenvalue weighted by molar-refractivity contribution is 5.76. The second-order valence-corrected chi connectivity index (χ2v) is 8.61. The zero-order chi connectivity index (χ0) is 21.9. The average Bonchev–Trinajstić information content (AvgIpc) is 3.37. The van der Waals surface area contributed by atoms with Crippen molar-refractivity contribution in [1.82, 2.24) is 24.7 Å². The monoisotopic (exact) mass is 433 g/mol. The minimum absolute atomic E-state index is 0.000627. The van der Waals surface area contributed by atoms with Gasteiger partial charge in [0.1, 0.15) is 11.3 Å². The van der Waals surface area contributed by atoms with E-state index in [0.29, 0.717) is 16.9 Å². The average molecular weight is 433 g/mol. The Morgan fingerprint density at radius 3 is 2.69 bits per heavy atom. The third-order valence-electron chi connectivity index (χ3n) is 6.90. The summed E-state index contributed by atoms with van der Waals surface area (Å²) in [5.41, 5.74) is 9.16. The lowest BCUT2D eigenvalue weighted by molar-refractivity contribution is 0.170. The number of aromatic nitrogens is 5. The summed E-state index contributed by atoms with van der Waals surface area (Å²) in [4.78, 5) is 15.8. The summed E-state index contributed by atoms with van der Waals surface area (Å²) in [6.07, 6.45) is 5.41. The van der Waals surface area contributed by atoms with Gasteiger partial charge in [0.2, 0.25) is 0 Å². The molecule has 4 aromatic rings. The van der Waals surface area contributed by atoms with Crippen molar-refractivity contribution in [2.75, 3.05) is 18.0 Å². The van der Waals surface area contributed by atoms with Gasteiger partial charge in [0.15, 0.2) is 17.3 Å². The lowest BCUT2D eigenvalue weighted by atomic mass is 9.73. The third kappa shape index (κ3) is 2.88. The van der Waals surface area contributed by atoms with Crippen molar-refractivity contribution in [1.29, 1.82) is 0 Å². The topological polar surface area (TPSA) is 85.8 Å². The zero-order valence-corrected chi connectivity index (χ0v) is 17.2. The summed E-state index contributed by atoms with van der Waals surface area (Å²) < 4.78 is 29.8. The van der Waals surface area contributed by atoms with Crippen LogP contribution in [0.4, 0.5) is 14.6 Å². The van der Waals surface area contributed by atoms with Crippen molar-refractivity contribution in [3.63, 3.8) is 0 Å². The van der Waals surface area contributed by atoms with E-state index in [1.54, 1.807) is 18.3 Å². The van der Waals surface area contributed by atoms with Crippen LogP contribution in [-0.4, -0.2) is 37.8 Å². The van der Waals surface area contributed by atoms with E-state index in [1.165, 1.54) is 12.1 Å². The number of halogens is 2. The van der Waals surface area contributed by atoms with Crippen molar-refractivity contribution in [2.24, 2.45) is 11.1 Å². The van der Waals surface area contributed by atoms with Gasteiger partial charge in [0, 0.05) is 36.8 Å². The number of hydrogen-bond acceptors (Lipinski definition) is 6. The minimum atomic E-state index is -0.918. The van der Waals surface area contributed by atoms with Crippen LogP contribution in [0.1, 0.15) is 24.6 Å². The third-order valence-corrected chi connectivity index (χ3v) is 6.90. The van der Waals surface area contributed by atoms with Crippen molar-refractivity contribution >= 4 is 17.0 Å². The lowest BCUT2D eigenvalue weighted by Crippen LogP contribution is -2.45. The zero-order valence-electron chi connectivity index (χ0n) is 17.2. The van der Waals surface area contributed by atoms with E-state index < -0.39 is 11.6 Å². The van der Waals surface area contributed by atoms with Gasteiger partial charge in [-0.2, -0.15) is 5.10 Å². The Morgan fingerprint density at radius 2 is 1.88 bits per heavy atom. The van der Waals surface area contributed by atoms with E-state index >= 15 is 0 Å². The van der Waals surface area contributed by atoms with Crippen LogP contribution < -0.4 is 10.6 Å². The molecule has 1 atom stereocenters. The number of benzene rings is 1. The van der Waals surface area contributed by atoms with Crippen LogP contribution in [0.15, 0.2) is 48.8 Å². The van der Waals surface area contributed by atoms with Crippen LogP contribution in [0.5, 0.6) is 0 Å². The Bertz CT molecular complexity index is 1330. The molecule has 1 fully saturated rings. The quantitative estimate of drug-likeness (QED) is 0.521. The number of nitrogens with two attached hydrogens (primary N) is 1. The van der Waals surface area contributed by atoms with Gasteiger partial charge in [-0.05, 0) is 43.2 Å². The SMILES string of the molecule is NC1c2ccnn2CC12CCN(c1cnc3nc(-c4cccc(F)c4F)ccc3n1)CC2. The van der Waals surface area contributed by atoms with Crippen molar-refractivity contribution in [2.45, 2.75) is 25.4 Å². The van der Waals surface area contributed by atoms with Gasteiger partial charge in [-0.15, -0.1) is 0 Å². The van der Waals surface area contributed by atoms with Gasteiger partial charge in [0.05, 0.1) is 23.6 Å². The lowest BCUT2D eigenvalue weighted by Gasteiger charge is -2.41. The van der Waals surface area contributed by atoms with E-state index in [9.17, 15) is 8.78 Å². The van der Waals surface area contributed by atoms with Crippen LogP contribution in [0.3, 0.4) is 0 Å². The van der Waals surface area contributed by atoms with Gasteiger partial charge < -0.3 is 10.6 Å². The van der Waals surface area contributed by atoms with E-state index in [2.05, 4.69) is 20.0 Å². The van der Waals surface area contributed by atoms with E-state index in [0.717, 1.165) is 50.1 Å². The maximum Gasteiger partial charge on any atom is 0.178 e. The van der Waals surface area contributed by atoms with E-state index in [4.69, 9.17) is 10.7 Å². The molecule has 1 unspecified atom stereocenters. The molecule has 2 aliphatic rings. The number of piperidine rings is 1. The van der Waals surface area contributed by atoms with Gasteiger partial charge in [0.25, 0.3) is 0 Å². The number of fused-ring (bicyclic) bond motifs is 2. The molecule has 162 valence electrons. The molecule has 0 aliphatic carbocycles. The molecule has 7 nitrogen and oxygen atoms in total. The van der Waals surface area contributed by atoms with E-state index in [-0.39, 0.29) is 17.0 Å². The highest BCUT2D eigenvalue weighted by Gasteiger charge is 2.47. The number of hydrogen-bond donors (Lipinski definition) is 1. The molecule has 5 heterocycles. The number of nitrogens with zero attached hydrogens (tertiary/aromatic N) is 6. The Kier molecular flexibility index (Phi) is 4.23. The first-order valence-corrected chi connectivity index (χ1v) is 10.6. The normalized spacial score (nSPS) is 19.6. The highest BCUT2D eigenvalue weighted by atomic mass is 19.2. The van der Waals surface area contributed by atoms with E-state index in [1.807, 2.05) is 16.9 Å². The molecule has 0 saturated carbocycles. The predicted molar refractivity (Wildman–Crippen MR) is 116 cm³/mol. The molecule has 2 aliphatic heterocycles. The molecular formula is C23H21F2N7. The molecule has 0 amide bonds. The first kappa shape index (κ1) is 19.2. The second kappa shape index (κ2) is 7.03. The van der Waals surface area contributed by atoms with Crippen LogP contribution in [0, 0.1) is 17.0 Å². The fourth-order valence-corrected chi connectivity index (χ4v) is 5.00. The molecule has 1 spiro atoms. The van der Waals surface area contributed by atoms with Crippen LogP contribution in [0.25, 0.3) is 22.4 Å². The van der Waals surface area contributed by atoms with Crippen LogP contribution in [-0.2, 0) is 6.54 Å². The van der Waals surface area contributed by atoms with Gasteiger partial charge in [-0.25, -0.2) is 23.7 Å². The molecule has 32 heavy (non-hydrogen) atoms. The summed E-state index contributed by atoms with van der Waals surface area (Å²) in [7, 11) is 0. The molecule has 2 N–H and O–H groups in total. The Labute approximate surface area is 182 Å². The summed E-state index contributed by atoms with van der Waals surface area (Å²) in [5, 5.41) is 4.40. The summed E-state index contributed by atoms with van der Waals surface area (Å²) in [6.45, 7) is 2.52. The second-order valence-electron chi connectivity index (χ2n) is 8.61. The molecule has 1 aromatic carbocycles. The Balaban J connectivity index is 1.23. The fourth-order valence-electron chi connectivity index (χ4n) is 5.00. The summed E-state index contributed by atoms with van der Waals surface area (Å²) in [6, 6.07) is 9.44. The molecule has 6 rings (SSSR count). The largest absolute Gasteiger partial charge is 0.355 e. The Morgan fingerprint density at radius 1 is 1.03 bits per heavy atom. The van der Waals surface area contributed by atoms with Crippen molar-refractivity contribution in [3.05, 3.63) is 66.1 Å². The molecule has 0 bridgehead atoms. The van der Waals surface area contributed by atoms with Crippen molar-refractivity contribution < 1.29 is 8.78 Å². The first-order valence-electron chi connectivity index (χ1n) is 10.6. The molecule has 0 radical (unpaired) electrons. The minimum Gasteiger partial charge on any atom is -0.355 e.